The van der Waals surface area contributed by atoms with Crippen LogP contribution < -0.4 is 15.0 Å². The number of aryl methyl sites for hydroxylation is 2. The molecule has 5 heteroatoms. The van der Waals surface area contributed by atoms with Crippen molar-refractivity contribution in [3.05, 3.63) is 112 Å². The van der Waals surface area contributed by atoms with E-state index in [1.165, 1.54) is 5.56 Å². The van der Waals surface area contributed by atoms with Crippen molar-refractivity contribution in [1.82, 2.24) is 0 Å². The molecule has 4 aromatic rings. The monoisotopic (exact) mass is 546 g/mol. The molecule has 210 valence electrons. The number of anilines is 3. The van der Waals surface area contributed by atoms with Gasteiger partial charge in [-0.25, -0.2) is 4.79 Å². The molecule has 0 saturated carbocycles. The van der Waals surface area contributed by atoms with Crippen molar-refractivity contribution in [2.45, 2.75) is 59.0 Å². The summed E-state index contributed by atoms with van der Waals surface area (Å²) >= 11 is 0. The molecule has 41 heavy (non-hydrogen) atoms. The lowest BCUT2D eigenvalue weighted by molar-refractivity contribution is 0.0224. The topological polar surface area (TPSA) is 50.8 Å². The van der Waals surface area contributed by atoms with Gasteiger partial charge in [0.15, 0.2) is 5.60 Å². The molecular weight excluding hydrogens is 508 g/mol. The molecule has 1 unspecified atom stereocenters. The van der Waals surface area contributed by atoms with Gasteiger partial charge in [-0.05, 0) is 80.3 Å². The molecule has 2 aliphatic rings. The second-order valence-electron chi connectivity index (χ2n) is 11.3. The molecule has 0 fully saturated rings. The second-order valence-corrected chi connectivity index (χ2v) is 11.3. The van der Waals surface area contributed by atoms with Crippen LogP contribution in [0.15, 0.2) is 78.9 Å². The summed E-state index contributed by atoms with van der Waals surface area (Å²) in [5.41, 5.74) is 7.34. The Morgan fingerprint density at radius 2 is 1.54 bits per heavy atom. The van der Waals surface area contributed by atoms with Crippen molar-refractivity contribution in [1.29, 1.82) is 0 Å². The SMILES string of the molecule is CCCCN(CCCC)c1ccc2c(c1)Oc1cc(C)c(Nc3cccc(C)c3)cc1C21OC(=O)c2ccccc21. The molecule has 0 aliphatic carbocycles. The third-order valence-corrected chi connectivity index (χ3v) is 8.27. The van der Waals surface area contributed by atoms with Crippen molar-refractivity contribution in [2.75, 3.05) is 23.3 Å². The minimum absolute atomic E-state index is 0.315. The van der Waals surface area contributed by atoms with Crippen LogP contribution >= 0.6 is 0 Å². The largest absolute Gasteiger partial charge is 0.456 e. The number of rotatable bonds is 9. The summed E-state index contributed by atoms with van der Waals surface area (Å²) in [6, 6.07) is 26.6. The predicted octanol–water partition coefficient (Wildman–Crippen LogP) is 9.02. The van der Waals surface area contributed by atoms with Crippen molar-refractivity contribution in [3.63, 3.8) is 0 Å². The number of esters is 1. The third kappa shape index (κ3) is 4.73. The smallest absolute Gasteiger partial charge is 0.340 e. The van der Waals surface area contributed by atoms with Gasteiger partial charge in [0, 0.05) is 52.9 Å². The average molecular weight is 547 g/mol. The lowest BCUT2D eigenvalue weighted by Crippen LogP contribution is -2.33. The Kier molecular flexibility index (Phi) is 7.21. The van der Waals surface area contributed by atoms with Gasteiger partial charge in [0.25, 0.3) is 0 Å². The molecular formula is C36H38N2O3. The highest BCUT2D eigenvalue weighted by Gasteiger charge is 2.53. The zero-order valence-corrected chi connectivity index (χ0v) is 24.4. The van der Waals surface area contributed by atoms with E-state index in [0.717, 1.165) is 83.8 Å². The summed E-state index contributed by atoms with van der Waals surface area (Å²) in [5.74, 6) is 1.13. The molecule has 1 N–H and O–H groups in total. The standard InChI is InChI=1S/C36H38N2O3/c1-5-7-18-38(19-8-6-2)27-16-17-30-34(22-27)40-33-21-25(4)32(37-26-13-11-12-24(3)20-26)23-31(33)36(30)29-15-10-9-14-28(29)35(39)41-36/h9-17,20-23,37H,5-8,18-19H2,1-4H3. The van der Waals surface area contributed by atoms with E-state index in [9.17, 15) is 4.79 Å². The van der Waals surface area contributed by atoms with Crippen LogP contribution in [0.25, 0.3) is 0 Å². The van der Waals surface area contributed by atoms with E-state index in [2.05, 4.69) is 86.4 Å². The van der Waals surface area contributed by atoms with Crippen molar-refractivity contribution in [2.24, 2.45) is 0 Å². The summed E-state index contributed by atoms with van der Waals surface area (Å²) in [7, 11) is 0. The number of fused-ring (bicyclic) bond motifs is 6. The Balaban J connectivity index is 1.51. The van der Waals surface area contributed by atoms with Gasteiger partial charge in [0.05, 0.1) is 5.56 Å². The molecule has 0 amide bonds. The summed E-state index contributed by atoms with van der Waals surface area (Å²) in [6.45, 7) is 10.6. The molecule has 0 aromatic heterocycles. The first kappa shape index (κ1) is 26.9. The third-order valence-electron chi connectivity index (χ3n) is 8.27. The Bertz CT molecular complexity index is 1600. The number of ether oxygens (including phenoxy) is 2. The molecule has 5 nitrogen and oxygen atoms in total. The van der Waals surface area contributed by atoms with Crippen molar-refractivity contribution < 1.29 is 14.3 Å². The first-order chi connectivity index (χ1) is 19.9. The fourth-order valence-electron chi connectivity index (χ4n) is 6.09. The highest BCUT2D eigenvalue weighted by molar-refractivity contribution is 5.97. The molecule has 1 spiro atoms. The maximum Gasteiger partial charge on any atom is 0.340 e. The molecule has 0 saturated heterocycles. The molecule has 1 atom stereocenters. The van der Waals surface area contributed by atoms with E-state index >= 15 is 0 Å². The molecule has 2 aliphatic heterocycles. The first-order valence-electron chi connectivity index (χ1n) is 14.8. The lowest BCUT2D eigenvalue weighted by Gasteiger charge is -2.38. The van der Waals surface area contributed by atoms with Gasteiger partial charge >= 0.3 is 5.97 Å². The normalized spacial score (nSPS) is 16.4. The van der Waals surface area contributed by atoms with Gasteiger partial charge < -0.3 is 19.7 Å². The molecule has 2 heterocycles. The van der Waals surface area contributed by atoms with Gasteiger partial charge in [-0.15, -0.1) is 0 Å². The van der Waals surface area contributed by atoms with Gasteiger partial charge in [0.1, 0.15) is 11.5 Å². The number of carbonyl (C=O) groups excluding carboxylic acids is 1. The Labute approximate surface area is 243 Å². The first-order valence-corrected chi connectivity index (χ1v) is 14.8. The Morgan fingerprint density at radius 3 is 2.29 bits per heavy atom. The minimum Gasteiger partial charge on any atom is -0.456 e. The van der Waals surface area contributed by atoms with E-state index in [1.807, 2.05) is 30.3 Å². The van der Waals surface area contributed by atoms with Crippen LogP contribution in [-0.2, 0) is 10.3 Å². The van der Waals surface area contributed by atoms with Crippen LogP contribution in [0.4, 0.5) is 17.1 Å². The molecule has 6 rings (SSSR count). The molecule has 4 aromatic carbocycles. The van der Waals surface area contributed by atoms with Crippen LogP contribution in [-0.4, -0.2) is 19.1 Å². The summed E-state index contributed by atoms with van der Waals surface area (Å²) in [6.07, 6.45) is 4.56. The van der Waals surface area contributed by atoms with E-state index in [4.69, 9.17) is 9.47 Å². The summed E-state index contributed by atoms with van der Waals surface area (Å²) < 4.78 is 13.1. The van der Waals surface area contributed by atoms with Gasteiger partial charge in [-0.1, -0.05) is 57.0 Å². The number of hydrogen-bond acceptors (Lipinski definition) is 5. The van der Waals surface area contributed by atoms with Gasteiger partial charge in [-0.2, -0.15) is 0 Å². The van der Waals surface area contributed by atoms with Crippen LogP contribution in [0, 0.1) is 13.8 Å². The van der Waals surface area contributed by atoms with Crippen LogP contribution in [0.3, 0.4) is 0 Å². The van der Waals surface area contributed by atoms with Gasteiger partial charge in [0.2, 0.25) is 0 Å². The number of carbonyl (C=O) groups is 1. The van der Waals surface area contributed by atoms with E-state index < -0.39 is 5.60 Å². The van der Waals surface area contributed by atoms with E-state index in [1.54, 1.807) is 0 Å². The number of benzene rings is 4. The summed E-state index contributed by atoms with van der Waals surface area (Å²) in [4.78, 5) is 15.8. The predicted molar refractivity (Wildman–Crippen MR) is 166 cm³/mol. The average Bonchev–Trinajstić information content (AvgIpc) is 3.26. The minimum atomic E-state index is -1.09. The zero-order valence-electron chi connectivity index (χ0n) is 24.4. The molecule has 0 bridgehead atoms. The maximum absolute atomic E-state index is 13.4. The second kappa shape index (κ2) is 11.0. The van der Waals surface area contributed by atoms with Crippen molar-refractivity contribution >= 4 is 23.0 Å². The number of hydrogen-bond donors (Lipinski definition) is 1. The lowest BCUT2D eigenvalue weighted by atomic mass is 9.77. The highest BCUT2D eigenvalue weighted by Crippen LogP contribution is 2.57. The number of nitrogens with one attached hydrogen (secondary N) is 1. The maximum atomic E-state index is 13.4. The van der Waals surface area contributed by atoms with Crippen LogP contribution in [0.5, 0.6) is 11.5 Å². The van der Waals surface area contributed by atoms with Crippen LogP contribution in [0.1, 0.15) is 77.7 Å². The Hall–Kier alpha value is -4.25. The fourth-order valence-corrected chi connectivity index (χ4v) is 6.09. The zero-order chi connectivity index (χ0) is 28.6. The van der Waals surface area contributed by atoms with Crippen LogP contribution in [0.2, 0.25) is 0 Å². The van der Waals surface area contributed by atoms with Gasteiger partial charge in [-0.3, -0.25) is 0 Å². The fraction of sp³-hybridized carbons (Fsp3) is 0.306. The number of unbranched alkanes of at least 4 members (excludes halogenated alkanes) is 2. The van der Waals surface area contributed by atoms with E-state index in [-0.39, 0.29) is 5.97 Å². The quantitative estimate of drug-likeness (QED) is 0.212. The number of nitrogens with zero attached hydrogens (tertiary/aromatic N) is 1. The van der Waals surface area contributed by atoms with Crippen molar-refractivity contribution in [3.8, 4) is 11.5 Å². The van der Waals surface area contributed by atoms with E-state index in [0.29, 0.717) is 11.3 Å². The summed E-state index contributed by atoms with van der Waals surface area (Å²) in [5, 5.41) is 3.59. The molecule has 0 radical (unpaired) electrons. The highest BCUT2D eigenvalue weighted by atomic mass is 16.6. The Morgan fingerprint density at radius 1 is 0.780 bits per heavy atom.